The van der Waals surface area contributed by atoms with Gasteiger partial charge in [0.2, 0.25) is 0 Å². The van der Waals surface area contributed by atoms with E-state index in [1.165, 1.54) is 6.07 Å². The van der Waals surface area contributed by atoms with Crippen molar-refractivity contribution in [3.05, 3.63) is 35.6 Å². The third-order valence-electron chi connectivity index (χ3n) is 4.24. The first kappa shape index (κ1) is 17.3. The number of halogens is 1. The summed E-state index contributed by atoms with van der Waals surface area (Å²) >= 11 is 0. The highest BCUT2D eigenvalue weighted by molar-refractivity contribution is 5.16. The zero-order chi connectivity index (χ0) is 16.0. The van der Waals surface area contributed by atoms with E-state index >= 15 is 0 Å². The Morgan fingerprint density at radius 1 is 1.41 bits per heavy atom. The summed E-state index contributed by atoms with van der Waals surface area (Å²) in [6.45, 7) is 4.82. The number of likely N-dealkylation sites (tertiary alicyclic amines) is 1. The molecular weight excluding hydrogens is 285 g/mol. The van der Waals surface area contributed by atoms with Gasteiger partial charge in [-0.15, -0.1) is 0 Å². The number of rotatable bonds is 7. The second-order valence-electron chi connectivity index (χ2n) is 6.57. The molecule has 1 aromatic carbocycles. The lowest BCUT2D eigenvalue weighted by Crippen LogP contribution is -2.47. The van der Waals surface area contributed by atoms with Gasteiger partial charge in [-0.1, -0.05) is 25.1 Å². The predicted molar refractivity (Wildman–Crippen MR) is 82.9 cm³/mol. The molecule has 1 saturated heterocycles. The van der Waals surface area contributed by atoms with Crippen molar-refractivity contribution in [1.29, 1.82) is 0 Å². The van der Waals surface area contributed by atoms with Crippen LogP contribution in [0.1, 0.15) is 25.3 Å². The molecule has 1 aliphatic heterocycles. The molecule has 4 nitrogen and oxygen atoms in total. The zero-order valence-corrected chi connectivity index (χ0v) is 13.2. The molecule has 0 spiro atoms. The standard InChI is InChI=1S/C17H26FNO3/c1-17(13-20)7-4-8-19(12-17)9-15(21)11-22-10-14-5-2-3-6-16(14)18/h2-3,5-6,15,20-21H,4,7-13H2,1H3. The fourth-order valence-corrected chi connectivity index (χ4v) is 2.98. The Balaban J connectivity index is 1.72. The van der Waals surface area contributed by atoms with Crippen LogP contribution in [0, 0.1) is 11.2 Å². The Labute approximate surface area is 131 Å². The normalized spacial score (nSPS) is 24.4. The number of hydrogen-bond acceptors (Lipinski definition) is 4. The second kappa shape index (κ2) is 8.02. The summed E-state index contributed by atoms with van der Waals surface area (Å²) in [5.41, 5.74) is 0.423. The highest BCUT2D eigenvalue weighted by Crippen LogP contribution is 2.28. The Morgan fingerprint density at radius 2 is 2.18 bits per heavy atom. The van der Waals surface area contributed by atoms with Crippen LogP contribution in [0.2, 0.25) is 0 Å². The van der Waals surface area contributed by atoms with E-state index in [2.05, 4.69) is 11.8 Å². The smallest absolute Gasteiger partial charge is 0.128 e. The van der Waals surface area contributed by atoms with Crippen molar-refractivity contribution in [3.8, 4) is 0 Å². The third-order valence-corrected chi connectivity index (χ3v) is 4.24. The van der Waals surface area contributed by atoms with E-state index in [1.54, 1.807) is 18.2 Å². The topological polar surface area (TPSA) is 52.9 Å². The number of nitrogens with zero attached hydrogens (tertiary/aromatic N) is 1. The number of ether oxygens (including phenoxy) is 1. The van der Waals surface area contributed by atoms with Crippen LogP contribution in [0.15, 0.2) is 24.3 Å². The molecule has 0 bridgehead atoms. The van der Waals surface area contributed by atoms with Gasteiger partial charge < -0.3 is 19.8 Å². The fraction of sp³-hybridized carbons (Fsp3) is 0.647. The predicted octanol–water partition coefficient (Wildman–Crippen LogP) is 1.80. The molecule has 0 amide bonds. The minimum atomic E-state index is -0.604. The van der Waals surface area contributed by atoms with Crippen molar-refractivity contribution in [3.63, 3.8) is 0 Å². The Bertz CT molecular complexity index is 471. The molecular formula is C17H26FNO3. The van der Waals surface area contributed by atoms with Gasteiger partial charge in [0, 0.05) is 30.7 Å². The molecule has 1 aromatic rings. The van der Waals surface area contributed by atoms with Gasteiger partial charge in [-0.25, -0.2) is 4.39 Å². The molecule has 0 radical (unpaired) electrons. The summed E-state index contributed by atoms with van der Waals surface area (Å²) in [6, 6.07) is 6.49. The first-order valence-corrected chi connectivity index (χ1v) is 7.85. The molecule has 124 valence electrons. The number of aliphatic hydroxyl groups is 2. The van der Waals surface area contributed by atoms with Crippen LogP contribution >= 0.6 is 0 Å². The van der Waals surface area contributed by atoms with Crippen molar-refractivity contribution < 1.29 is 19.3 Å². The number of benzene rings is 1. The minimum Gasteiger partial charge on any atom is -0.396 e. The molecule has 5 heteroatoms. The third kappa shape index (κ3) is 5.02. The molecule has 2 N–H and O–H groups in total. The van der Waals surface area contributed by atoms with Gasteiger partial charge in [-0.3, -0.25) is 0 Å². The Hall–Kier alpha value is -1.01. The molecule has 0 saturated carbocycles. The average molecular weight is 311 g/mol. The number of aliphatic hydroxyl groups excluding tert-OH is 2. The highest BCUT2D eigenvalue weighted by atomic mass is 19.1. The quantitative estimate of drug-likeness (QED) is 0.806. The average Bonchev–Trinajstić information content (AvgIpc) is 2.49. The monoisotopic (exact) mass is 311 g/mol. The summed E-state index contributed by atoms with van der Waals surface area (Å²) < 4.78 is 18.9. The van der Waals surface area contributed by atoms with Crippen LogP contribution in [0.5, 0.6) is 0 Å². The van der Waals surface area contributed by atoms with Crippen molar-refractivity contribution in [1.82, 2.24) is 4.90 Å². The summed E-state index contributed by atoms with van der Waals surface area (Å²) in [5.74, 6) is -0.285. The van der Waals surface area contributed by atoms with Crippen molar-refractivity contribution >= 4 is 0 Å². The summed E-state index contributed by atoms with van der Waals surface area (Å²) in [6.07, 6.45) is 1.44. The van der Waals surface area contributed by atoms with Crippen molar-refractivity contribution in [2.45, 2.75) is 32.5 Å². The maximum Gasteiger partial charge on any atom is 0.128 e. The number of β-amino-alcohol motifs (C(OH)–C–C–N with tert-alkyl or cyclic N) is 1. The van der Waals surface area contributed by atoms with Crippen LogP contribution in [-0.4, -0.2) is 54.1 Å². The van der Waals surface area contributed by atoms with E-state index in [0.29, 0.717) is 12.1 Å². The Morgan fingerprint density at radius 3 is 2.91 bits per heavy atom. The first-order valence-electron chi connectivity index (χ1n) is 7.85. The van der Waals surface area contributed by atoms with Crippen molar-refractivity contribution in [2.24, 2.45) is 5.41 Å². The van der Waals surface area contributed by atoms with E-state index in [1.807, 2.05) is 0 Å². The van der Waals surface area contributed by atoms with Gasteiger partial charge in [0.05, 0.1) is 19.3 Å². The maximum absolute atomic E-state index is 13.4. The molecule has 1 aliphatic rings. The molecule has 1 heterocycles. The van der Waals surface area contributed by atoms with Crippen LogP contribution in [0.25, 0.3) is 0 Å². The molecule has 0 aromatic heterocycles. The largest absolute Gasteiger partial charge is 0.396 e. The molecule has 1 fully saturated rings. The summed E-state index contributed by atoms with van der Waals surface area (Å²) in [5, 5.41) is 19.5. The highest BCUT2D eigenvalue weighted by Gasteiger charge is 2.30. The van der Waals surface area contributed by atoms with Gasteiger partial charge in [-0.2, -0.15) is 0 Å². The number of hydrogen-bond donors (Lipinski definition) is 2. The first-order chi connectivity index (χ1) is 10.5. The van der Waals surface area contributed by atoms with E-state index < -0.39 is 6.10 Å². The van der Waals surface area contributed by atoms with Gasteiger partial charge in [-0.05, 0) is 25.5 Å². The van der Waals surface area contributed by atoms with E-state index in [4.69, 9.17) is 4.74 Å². The molecule has 2 atom stereocenters. The van der Waals surface area contributed by atoms with Crippen molar-refractivity contribution in [2.75, 3.05) is 32.8 Å². The van der Waals surface area contributed by atoms with Gasteiger partial charge in [0.1, 0.15) is 5.82 Å². The maximum atomic E-state index is 13.4. The van der Waals surface area contributed by atoms with Crippen LogP contribution in [0.3, 0.4) is 0 Å². The lowest BCUT2D eigenvalue weighted by Gasteiger charge is -2.40. The SMILES string of the molecule is CC1(CO)CCCN(CC(O)COCc2ccccc2F)C1. The second-order valence-corrected chi connectivity index (χ2v) is 6.57. The van der Waals surface area contributed by atoms with Crippen LogP contribution in [-0.2, 0) is 11.3 Å². The minimum absolute atomic E-state index is 0.0774. The zero-order valence-electron chi connectivity index (χ0n) is 13.2. The van der Waals surface area contributed by atoms with Gasteiger partial charge >= 0.3 is 0 Å². The van der Waals surface area contributed by atoms with Crippen LogP contribution < -0.4 is 0 Å². The molecule has 2 rings (SSSR count). The van der Waals surface area contributed by atoms with Crippen LogP contribution in [0.4, 0.5) is 4.39 Å². The van der Waals surface area contributed by atoms with E-state index in [0.717, 1.165) is 25.9 Å². The molecule has 2 unspecified atom stereocenters. The van der Waals surface area contributed by atoms with Gasteiger partial charge in [0.15, 0.2) is 0 Å². The fourth-order valence-electron chi connectivity index (χ4n) is 2.98. The number of piperidine rings is 1. The lowest BCUT2D eigenvalue weighted by molar-refractivity contribution is -0.0151. The lowest BCUT2D eigenvalue weighted by atomic mass is 9.83. The Kier molecular flexibility index (Phi) is 6.32. The van der Waals surface area contributed by atoms with E-state index in [9.17, 15) is 14.6 Å². The molecule has 22 heavy (non-hydrogen) atoms. The molecule has 0 aliphatic carbocycles. The summed E-state index contributed by atoms with van der Waals surface area (Å²) in [4.78, 5) is 2.16. The van der Waals surface area contributed by atoms with Gasteiger partial charge in [0.25, 0.3) is 0 Å². The van der Waals surface area contributed by atoms with E-state index in [-0.39, 0.29) is 31.1 Å². The summed E-state index contributed by atoms with van der Waals surface area (Å²) in [7, 11) is 0.